The van der Waals surface area contributed by atoms with E-state index >= 15 is 0 Å². The van der Waals surface area contributed by atoms with Crippen LogP contribution in [0.3, 0.4) is 0 Å². The molecule has 0 saturated carbocycles. The fourth-order valence-corrected chi connectivity index (χ4v) is 5.79. The van der Waals surface area contributed by atoms with Crippen LogP contribution in [-0.2, 0) is 24.2 Å². The number of rotatable bonds is 8. The predicted molar refractivity (Wildman–Crippen MR) is 135 cm³/mol. The number of hydrogen-bond acceptors (Lipinski definition) is 6. The van der Waals surface area contributed by atoms with Gasteiger partial charge in [-0.05, 0) is 47.2 Å². The van der Waals surface area contributed by atoms with Crippen molar-refractivity contribution < 1.29 is 40.3 Å². The van der Waals surface area contributed by atoms with E-state index in [1.54, 1.807) is 26.0 Å². The molecule has 0 aliphatic carbocycles. The fourth-order valence-electron chi connectivity index (χ4n) is 5.12. The molecule has 2 aliphatic heterocycles. The summed E-state index contributed by atoms with van der Waals surface area (Å²) in [4.78, 5) is 26.8. The van der Waals surface area contributed by atoms with Crippen LogP contribution in [0.4, 0.5) is 17.6 Å². The molecule has 4 rings (SSSR count). The van der Waals surface area contributed by atoms with Crippen molar-refractivity contribution in [2.75, 3.05) is 19.4 Å². The summed E-state index contributed by atoms with van der Waals surface area (Å²) in [5.41, 5.74) is 0.582. The topological polar surface area (TPSA) is 92.8 Å². The van der Waals surface area contributed by atoms with E-state index in [1.165, 1.54) is 36.4 Å². The third kappa shape index (κ3) is 6.33. The van der Waals surface area contributed by atoms with E-state index in [9.17, 15) is 35.6 Å². The smallest absolute Gasteiger partial charge is 0.365 e. The van der Waals surface area contributed by atoms with E-state index in [2.05, 4.69) is 5.32 Å². The van der Waals surface area contributed by atoms with Gasteiger partial charge in [-0.3, -0.25) is 14.9 Å². The molecule has 0 radical (unpaired) electrons. The predicted octanol–water partition coefficient (Wildman–Crippen LogP) is 3.88. The summed E-state index contributed by atoms with van der Waals surface area (Å²) in [6.45, 7) is 2.71. The summed E-state index contributed by atoms with van der Waals surface area (Å²) < 4.78 is 86.9. The molecule has 0 unspecified atom stereocenters. The SMILES string of the molecule is CC(C)C[C@H](N[C@@H](c1cccc(-c2cccc(S(C)(=O)=O)c2)c1)C(F)(F)F)C(=O)N1C[C@H](F)[C@H]2OCC(=O)[C@H]21. The Labute approximate surface area is 224 Å². The van der Waals surface area contributed by atoms with Crippen molar-refractivity contribution in [2.45, 2.75) is 61.7 Å². The Morgan fingerprint density at radius 2 is 1.77 bits per heavy atom. The number of fused-ring (bicyclic) bond motifs is 1. The van der Waals surface area contributed by atoms with Gasteiger partial charge in [-0.2, -0.15) is 13.2 Å². The van der Waals surface area contributed by atoms with Crippen molar-refractivity contribution in [2.24, 2.45) is 5.92 Å². The van der Waals surface area contributed by atoms with Crippen LogP contribution in [0.5, 0.6) is 0 Å². The second kappa shape index (κ2) is 11.0. The molecule has 2 heterocycles. The molecule has 0 spiro atoms. The minimum atomic E-state index is -4.81. The van der Waals surface area contributed by atoms with Crippen LogP contribution in [-0.4, -0.2) is 75.0 Å². The minimum absolute atomic E-state index is 0.0153. The van der Waals surface area contributed by atoms with Crippen LogP contribution in [0.25, 0.3) is 11.1 Å². The number of benzene rings is 2. The molecule has 2 aromatic rings. The lowest BCUT2D eigenvalue weighted by atomic mass is 9.96. The molecule has 212 valence electrons. The molecule has 0 aromatic heterocycles. The Morgan fingerprint density at radius 3 is 2.38 bits per heavy atom. The number of Topliss-reactive ketones (excluding diaryl/α,β-unsaturated/α-hetero) is 1. The monoisotopic (exact) mass is 570 g/mol. The maximum atomic E-state index is 14.5. The van der Waals surface area contributed by atoms with Crippen molar-refractivity contribution >= 4 is 21.5 Å². The molecule has 5 atom stereocenters. The number of sulfone groups is 1. The first-order valence-electron chi connectivity index (χ1n) is 12.5. The quantitative estimate of drug-likeness (QED) is 0.485. The van der Waals surface area contributed by atoms with Gasteiger partial charge in [-0.1, -0.05) is 44.2 Å². The summed E-state index contributed by atoms with van der Waals surface area (Å²) in [5.74, 6) is -1.46. The molecule has 7 nitrogen and oxygen atoms in total. The number of alkyl halides is 4. The molecule has 39 heavy (non-hydrogen) atoms. The molecule has 2 aromatic carbocycles. The summed E-state index contributed by atoms with van der Waals surface area (Å²) in [5, 5.41) is 2.46. The number of amides is 1. The number of carbonyl (C=O) groups is 2. The van der Waals surface area contributed by atoms with E-state index in [0.29, 0.717) is 11.1 Å². The van der Waals surface area contributed by atoms with Crippen molar-refractivity contribution in [3.8, 4) is 11.1 Å². The lowest BCUT2D eigenvalue weighted by Crippen LogP contribution is -2.53. The number of likely N-dealkylation sites (tertiary alicyclic amines) is 1. The number of nitrogens with one attached hydrogen (secondary N) is 1. The second-order valence-corrected chi connectivity index (χ2v) is 12.5. The van der Waals surface area contributed by atoms with Gasteiger partial charge in [0, 0.05) is 6.26 Å². The van der Waals surface area contributed by atoms with E-state index in [0.717, 1.165) is 11.2 Å². The van der Waals surface area contributed by atoms with Crippen LogP contribution >= 0.6 is 0 Å². The molecular formula is C27H30F4N2O5S. The highest BCUT2D eigenvalue weighted by molar-refractivity contribution is 7.90. The number of carbonyl (C=O) groups excluding carboxylic acids is 2. The molecule has 2 fully saturated rings. The Morgan fingerprint density at radius 1 is 1.13 bits per heavy atom. The maximum absolute atomic E-state index is 14.5. The lowest BCUT2D eigenvalue weighted by Gasteiger charge is -2.32. The highest BCUT2D eigenvalue weighted by Crippen LogP contribution is 2.37. The van der Waals surface area contributed by atoms with E-state index in [-0.39, 0.29) is 29.4 Å². The Balaban J connectivity index is 1.67. The van der Waals surface area contributed by atoms with Crippen LogP contribution in [0, 0.1) is 5.92 Å². The number of hydrogen-bond donors (Lipinski definition) is 1. The zero-order valence-corrected chi connectivity index (χ0v) is 22.4. The summed E-state index contributed by atoms with van der Waals surface area (Å²) in [6, 6.07) is 6.65. The average Bonchev–Trinajstić information content (AvgIpc) is 3.40. The van der Waals surface area contributed by atoms with Gasteiger partial charge in [0.2, 0.25) is 5.91 Å². The van der Waals surface area contributed by atoms with Crippen LogP contribution < -0.4 is 5.32 Å². The Bertz CT molecular complexity index is 1350. The number of ether oxygens (including phenoxy) is 1. The highest BCUT2D eigenvalue weighted by Gasteiger charge is 2.54. The van der Waals surface area contributed by atoms with Crippen LogP contribution in [0.15, 0.2) is 53.4 Å². The summed E-state index contributed by atoms with van der Waals surface area (Å²) >= 11 is 0. The molecule has 2 saturated heterocycles. The molecular weight excluding hydrogens is 540 g/mol. The molecule has 12 heteroatoms. The third-order valence-electron chi connectivity index (χ3n) is 6.92. The zero-order valence-electron chi connectivity index (χ0n) is 21.6. The lowest BCUT2D eigenvalue weighted by molar-refractivity contribution is -0.163. The summed E-state index contributed by atoms with van der Waals surface area (Å²) in [7, 11) is -3.54. The fraction of sp³-hybridized carbons (Fsp3) is 0.481. The van der Waals surface area contributed by atoms with Gasteiger partial charge in [-0.25, -0.2) is 12.8 Å². The van der Waals surface area contributed by atoms with E-state index < -0.39 is 64.6 Å². The first kappa shape index (κ1) is 29.2. The second-order valence-electron chi connectivity index (χ2n) is 10.4. The van der Waals surface area contributed by atoms with Crippen LogP contribution in [0.1, 0.15) is 31.9 Å². The normalized spacial score (nSPS) is 23.2. The van der Waals surface area contributed by atoms with Gasteiger partial charge in [0.15, 0.2) is 15.6 Å². The van der Waals surface area contributed by atoms with Gasteiger partial charge in [0.05, 0.1) is 17.5 Å². The van der Waals surface area contributed by atoms with E-state index in [4.69, 9.17) is 4.74 Å². The maximum Gasteiger partial charge on any atom is 0.407 e. The third-order valence-corrected chi connectivity index (χ3v) is 8.03. The first-order valence-corrected chi connectivity index (χ1v) is 14.4. The van der Waals surface area contributed by atoms with Crippen molar-refractivity contribution in [1.29, 1.82) is 0 Å². The van der Waals surface area contributed by atoms with Gasteiger partial charge < -0.3 is 9.64 Å². The van der Waals surface area contributed by atoms with E-state index in [1.807, 2.05) is 0 Å². The van der Waals surface area contributed by atoms with Crippen LogP contribution in [0.2, 0.25) is 0 Å². The summed E-state index contributed by atoms with van der Waals surface area (Å²) in [6.07, 6.45) is -6.48. The first-order chi connectivity index (χ1) is 18.2. The molecule has 1 amide bonds. The minimum Gasteiger partial charge on any atom is -0.365 e. The van der Waals surface area contributed by atoms with Crippen molar-refractivity contribution in [1.82, 2.24) is 10.2 Å². The molecule has 1 N–H and O–H groups in total. The highest BCUT2D eigenvalue weighted by atomic mass is 32.2. The zero-order chi connectivity index (χ0) is 28.7. The van der Waals surface area contributed by atoms with Gasteiger partial charge in [-0.15, -0.1) is 0 Å². The van der Waals surface area contributed by atoms with Crippen molar-refractivity contribution in [3.05, 3.63) is 54.1 Å². The number of ketones is 1. The molecule has 0 bridgehead atoms. The standard InChI is InChI=1S/C27H30F4N2O5S/c1-15(2)10-21(26(35)33-13-20(28)24-23(33)22(34)14-38-24)32-25(27(29,30)31)18-8-4-6-16(11-18)17-7-5-9-19(12-17)39(3,36)37/h4-9,11-12,15,20-21,23-25,32H,10,13-14H2,1-3H3/t20-,21-,23+,24+,25-/m0/s1. The van der Waals surface area contributed by atoms with Gasteiger partial charge in [0.25, 0.3) is 0 Å². The van der Waals surface area contributed by atoms with Gasteiger partial charge in [0.1, 0.15) is 31.0 Å². The van der Waals surface area contributed by atoms with Gasteiger partial charge >= 0.3 is 6.18 Å². The number of nitrogens with zero attached hydrogens (tertiary/aromatic N) is 1. The largest absolute Gasteiger partial charge is 0.407 e. The average molecular weight is 571 g/mol. The number of halogens is 4. The van der Waals surface area contributed by atoms with Crippen molar-refractivity contribution in [3.63, 3.8) is 0 Å². The Kier molecular flexibility index (Phi) is 8.21. The molecule has 2 aliphatic rings. The Hall–Kier alpha value is -2.83.